The van der Waals surface area contributed by atoms with Crippen molar-refractivity contribution in [2.45, 2.75) is 103 Å². The molecule has 1 aliphatic carbocycles. The highest BCUT2D eigenvalue weighted by atomic mass is 35.5. The van der Waals surface area contributed by atoms with Crippen LogP contribution in [-0.4, -0.2) is 32.7 Å². The summed E-state index contributed by atoms with van der Waals surface area (Å²) in [6.07, 6.45) is 12.2. The van der Waals surface area contributed by atoms with Crippen molar-refractivity contribution < 1.29 is 17.9 Å². The monoisotopic (exact) mass is 628 g/mol. The van der Waals surface area contributed by atoms with E-state index in [-0.39, 0.29) is 5.92 Å². The number of sulfonamides is 1. The van der Waals surface area contributed by atoms with E-state index in [0.717, 1.165) is 73.6 Å². The standard InChI is InChI=1S/C35H49ClN2O4S/c1-4-5-10-26-12-8-9-24(2)25(3)43(40,41)37-35(39)28-15-18-34-33(21-28)38(22-29-14-17-32(26)29)19-7-6-11-27-20-31(36)16-13-30(27)23-42-34/h13,15-16,18,20-21,24-26,29,32H,4-12,14,17,19,22-23H2,1-3H3,(H,37,39)/t24-,25+,26-,29-,32-/m0/s1. The molecule has 2 heterocycles. The number of rotatable bonds is 3. The second kappa shape index (κ2) is 14.2. The third-order valence-electron chi connectivity index (χ3n) is 10.5. The zero-order valence-corrected chi connectivity index (χ0v) is 27.7. The molecule has 43 heavy (non-hydrogen) atoms. The molecule has 5 atom stereocenters. The van der Waals surface area contributed by atoms with Gasteiger partial charge < -0.3 is 9.64 Å². The van der Waals surface area contributed by atoms with Crippen molar-refractivity contribution in [3.63, 3.8) is 0 Å². The highest BCUT2D eigenvalue weighted by Gasteiger charge is 2.38. The molecule has 2 aromatic rings. The second-order valence-corrected chi connectivity index (χ2v) is 15.8. The molecular weight excluding hydrogens is 580 g/mol. The number of nitrogens with zero attached hydrogens (tertiary/aromatic N) is 1. The van der Waals surface area contributed by atoms with E-state index in [0.29, 0.717) is 29.9 Å². The zero-order valence-electron chi connectivity index (χ0n) is 26.1. The van der Waals surface area contributed by atoms with Gasteiger partial charge in [0, 0.05) is 23.7 Å². The summed E-state index contributed by atoms with van der Waals surface area (Å²) in [5.41, 5.74) is 3.56. The van der Waals surface area contributed by atoms with Crippen LogP contribution in [0.4, 0.5) is 5.69 Å². The fraction of sp³-hybridized carbons (Fsp3) is 0.629. The molecule has 2 aromatic carbocycles. The van der Waals surface area contributed by atoms with E-state index in [1.165, 1.54) is 37.7 Å². The summed E-state index contributed by atoms with van der Waals surface area (Å²) in [4.78, 5) is 15.8. The maximum Gasteiger partial charge on any atom is 0.264 e. The molecule has 1 amide bonds. The minimum absolute atomic E-state index is 0.0312. The van der Waals surface area contributed by atoms with Crippen molar-refractivity contribution in [2.24, 2.45) is 23.7 Å². The van der Waals surface area contributed by atoms with E-state index >= 15 is 0 Å². The average Bonchev–Trinajstić information content (AvgIpc) is 2.99. The van der Waals surface area contributed by atoms with E-state index in [1.54, 1.807) is 13.0 Å². The quantitative estimate of drug-likeness (QED) is 0.371. The number of nitrogens with one attached hydrogen (secondary N) is 1. The highest BCUT2D eigenvalue weighted by Crippen LogP contribution is 2.45. The Kier molecular flexibility index (Phi) is 10.6. The van der Waals surface area contributed by atoms with Crippen molar-refractivity contribution in [3.8, 4) is 5.75 Å². The summed E-state index contributed by atoms with van der Waals surface area (Å²) in [6.45, 7) is 8.20. The van der Waals surface area contributed by atoms with Crippen LogP contribution in [-0.2, 0) is 23.1 Å². The molecular formula is C35H49ClN2O4S. The molecule has 236 valence electrons. The number of fused-ring (bicyclic) bond motifs is 3. The van der Waals surface area contributed by atoms with Gasteiger partial charge in [0.05, 0.1) is 10.9 Å². The summed E-state index contributed by atoms with van der Waals surface area (Å²) in [5, 5.41) is 0.0891. The zero-order chi connectivity index (χ0) is 30.6. The predicted octanol–water partition coefficient (Wildman–Crippen LogP) is 8.16. The van der Waals surface area contributed by atoms with Crippen LogP contribution in [0.5, 0.6) is 5.75 Å². The molecule has 2 bridgehead atoms. The Balaban J connectivity index is 1.52. The number of hydrogen-bond donors (Lipinski definition) is 1. The van der Waals surface area contributed by atoms with Gasteiger partial charge in [0.1, 0.15) is 12.4 Å². The third kappa shape index (κ3) is 7.70. The van der Waals surface area contributed by atoms with E-state index in [4.69, 9.17) is 16.3 Å². The molecule has 0 radical (unpaired) electrons. The number of halogens is 1. The lowest BCUT2D eigenvalue weighted by atomic mass is 9.64. The van der Waals surface area contributed by atoms with Gasteiger partial charge in [-0.3, -0.25) is 4.79 Å². The molecule has 6 nitrogen and oxygen atoms in total. The molecule has 0 spiro atoms. The fourth-order valence-electron chi connectivity index (χ4n) is 7.37. The highest BCUT2D eigenvalue weighted by molar-refractivity contribution is 7.90. The Bertz CT molecular complexity index is 1380. The van der Waals surface area contributed by atoms with E-state index in [9.17, 15) is 13.2 Å². The Morgan fingerprint density at radius 3 is 2.60 bits per heavy atom. The Morgan fingerprint density at radius 2 is 1.84 bits per heavy atom. The second-order valence-electron chi connectivity index (χ2n) is 13.3. The first-order valence-electron chi connectivity index (χ1n) is 16.5. The van der Waals surface area contributed by atoms with Gasteiger partial charge in [0.15, 0.2) is 0 Å². The van der Waals surface area contributed by atoms with Crippen LogP contribution in [0, 0.1) is 23.7 Å². The van der Waals surface area contributed by atoms with Gasteiger partial charge in [-0.25, -0.2) is 13.1 Å². The molecule has 3 aliphatic rings. The van der Waals surface area contributed by atoms with E-state index < -0.39 is 21.2 Å². The molecule has 1 N–H and O–H groups in total. The maximum atomic E-state index is 13.4. The normalized spacial score (nSPS) is 28.2. The number of ether oxygens (including phenoxy) is 1. The third-order valence-corrected chi connectivity index (χ3v) is 12.6. The molecule has 8 heteroatoms. The summed E-state index contributed by atoms with van der Waals surface area (Å²) < 4.78 is 35.5. The van der Waals surface area contributed by atoms with Crippen LogP contribution >= 0.6 is 11.6 Å². The van der Waals surface area contributed by atoms with Gasteiger partial charge in [-0.05, 0) is 111 Å². The van der Waals surface area contributed by atoms with Gasteiger partial charge in [-0.2, -0.15) is 0 Å². The van der Waals surface area contributed by atoms with Crippen molar-refractivity contribution in [1.82, 2.24) is 4.72 Å². The average molecular weight is 629 g/mol. The number of amides is 1. The largest absolute Gasteiger partial charge is 0.487 e. The van der Waals surface area contributed by atoms with Gasteiger partial charge in [0.25, 0.3) is 5.91 Å². The van der Waals surface area contributed by atoms with Crippen molar-refractivity contribution in [3.05, 3.63) is 58.1 Å². The number of carbonyl (C=O) groups excluding carboxylic acids is 1. The lowest BCUT2D eigenvalue weighted by molar-refractivity contribution is 0.0921. The van der Waals surface area contributed by atoms with Crippen LogP contribution in [0.1, 0.15) is 106 Å². The van der Waals surface area contributed by atoms with Crippen LogP contribution in [0.15, 0.2) is 36.4 Å². The SMILES string of the molecule is CCCC[C@H]1CCC[C@H](C)[C@@H](C)S(=O)(=O)NC(=O)c2ccc3c(c2)N(CCCCc2cc(Cl)ccc2CO3)C[C@@H]2CC[C@@H]12. The summed E-state index contributed by atoms with van der Waals surface area (Å²) in [7, 11) is -3.83. The van der Waals surface area contributed by atoms with Gasteiger partial charge in [0.2, 0.25) is 10.0 Å². The molecule has 1 saturated carbocycles. The maximum absolute atomic E-state index is 13.4. The van der Waals surface area contributed by atoms with Gasteiger partial charge in [-0.1, -0.05) is 63.6 Å². The number of hydrogen-bond acceptors (Lipinski definition) is 5. The molecule has 0 aromatic heterocycles. The molecule has 0 saturated heterocycles. The Morgan fingerprint density at radius 1 is 1.00 bits per heavy atom. The Hall–Kier alpha value is -2.25. The van der Waals surface area contributed by atoms with E-state index in [1.807, 2.05) is 31.2 Å². The van der Waals surface area contributed by atoms with Crippen molar-refractivity contribution >= 4 is 33.2 Å². The topological polar surface area (TPSA) is 75.7 Å². The molecule has 0 unspecified atom stereocenters. The van der Waals surface area contributed by atoms with Crippen LogP contribution in [0.2, 0.25) is 5.02 Å². The lowest BCUT2D eigenvalue weighted by Crippen LogP contribution is -2.42. The molecule has 2 aliphatic heterocycles. The lowest BCUT2D eigenvalue weighted by Gasteiger charge is -2.45. The molecule has 1 fully saturated rings. The number of carbonyl (C=O) groups is 1. The van der Waals surface area contributed by atoms with Gasteiger partial charge >= 0.3 is 0 Å². The minimum atomic E-state index is -3.83. The summed E-state index contributed by atoms with van der Waals surface area (Å²) >= 11 is 6.35. The Labute approximate surface area is 264 Å². The van der Waals surface area contributed by atoms with Crippen molar-refractivity contribution in [1.29, 1.82) is 0 Å². The first-order chi connectivity index (χ1) is 20.7. The number of aryl methyl sites for hydroxylation is 1. The van der Waals surface area contributed by atoms with Crippen LogP contribution in [0.25, 0.3) is 0 Å². The van der Waals surface area contributed by atoms with Gasteiger partial charge in [-0.15, -0.1) is 0 Å². The fourth-order valence-corrected chi connectivity index (χ4v) is 8.87. The molecule has 5 rings (SSSR count). The number of unbranched alkanes of at least 4 members (excludes halogenated alkanes) is 1. The van der Waals surface area contributed by atoms with Crippen LogP contribution in [0.3, 0.4) is 0 Å². The minimum Gasteiger partial charge on any atom is -0.487 e. The van der Waals surface area contributed by atoms with Crippen LogP contribution < -0.4 is 14.4 Å². The number of benzene rings is 2. The summed E-state index contributed by atoms with van der Waals surface area (Å²) in [5.74, 6) is 2.09. The first-order valence-corrected chi connectivity index (χ1v) is 18.4. The number of anilines is 1. The van der Waals surface area contributed by atoms with Crippen molar-refractivity contribution in [2.75, 3.05) is 18.0 Å². The first kappa shape index (κ1) is 32.2. The summed E-state index contributed by atoms with van der Waals surface area (Å²) in [6, 6.07) is 11.4. The smallest absolute Gasteiger partial charge is 0.264 e. The van der Waals surface area contributed by atoms with E-state index in [2.05, 4.69) is 22.6 Å². The predicted molar refractivity (Wildman–Crippen MR) is 175 cm³/mol.